The average molecular weight is 431 g/mol. The first-order valence-corrected chi connectivity index (χ1v) is 10.7. The second-order valence-corrected chi connectivity index (χ2v) is 8.17. The summed E-state index contributed by atoms with van der Waals surface area (Å²) in [6.07, 6.45) is 0.775. The number of aromatic nitrogens is 2. The molecule has 164 valence electrons. The lowest BCUT2D eigenvalue weighted by Crippen LogP contribution is -2.35. The van der Waals surface area contributed by atoms with Crippen LogP contribution in [0.3, 0.4) is 0 Å². The summed E-state index contributed by atoms with van der Waals surface area (Å²) in [7, 11) is 0. The van der Waals surface area contributed by atoms with Crippen molar-refractivity contribution in [1.82, 2.24) is 20.0 Å². The first-order valence-electron chi connectivity index (χ1n) is 10.7. The van der Waals surface area contributed by atoms with Crippen LogP contribution in [0.1, 0.15) is 49.7 Å². The van der Waals surface area contributed by atoms with Crippen molar-refractivity contribution < 1.29 is 14.4 Å². The predicted molar refractivity (Wildman–Crippen MR) is 121 cm³/mol. The molecule has 0 bridgehead atoms. The van der Waals surface area contributed by atoms with Gasteiger partial charge in [0.25, 0.3) is 11.8 Å². The number of nitrogens with one attached hydrogen (secondary N) is 1. The van der Waals surface area contributed by atoms with E-state index in [2.05, 4.69) is 10.4 Å². The minimum atomic E-state index is -0.333. The number of nitrogens with zero attached hydrogens (tertiary/aromatic N) is 3. The normalized spacial score (nSPS) is 12.9. The summed E-state index contributed by atoms with van der Waals surface area (Å²) in [5.74, 6) is -0.846. The number of rotatable bonds is 7. The lowest BCUT2D eigenvalue weighted by atomic mass is 10.1. The van der Waals surface area contributed by atoms with Gasteiger partial charge in [0.1, 0.15) is 0 Å². The van der Waals surface area contributed by atoms with Crippen molar-refractivity contribution in [2.45, 2.75) is 33.6 Å². The Bertz CT molecular complexity index is 1190. The fourth-order valence-corrected chi connectivity index (χ4v) is 3.95. The Kier molecular flexibility index (Phi) is 5.90. The molecule has 2 aromatic carbocycles. The van der Waals surface area contributed by atoms with Gasteiger partial charge in [-0.2, -0.15) is 5.10 Å². The summed E-state index contributed by atoms with van der Waals surface area (Å²) < 4.78 is 1.90. The summed E-state index contributed by atoms with van der Waals surface area (Å²) >= 11 is 0. The summed E-state index contributed by atoms with van der Waals surface area (Å²) in [5.41, 5.74) is 5.91. The van der Waals surface area contributed by atoms with E-state index < -0.39 is 0 Å². The zero-order valence-corrected chi connectivity index (χ0v) is 18.5. The van der Waals surface area contributed by atoms with E-state index in [4.69, 9.17) is 0 Å². The third-order valence-electron chi connectivity index (χ3n) is 5.62. The van der Waals surface area contributed by atoms with Crippen molar-refractivity contribution in [3.8, 4) is 5.69 Å². The van der Waals surface area contributed by atoms with E-state index in [1.165, 1.54) is 0 Å². The van der Waals surface area contributed by atoms with Gasteiger partial charge in [0.2, 0.25) is 5.91 Å². The van der Waals surface area contributed by atoms with Crippen LogP contribution >= 0.6 is 0 Å². The molecule has 0 aliphatic carbocycles. The van der Waals surface area contributed by atoms with Gasteiger partial charge in [-0.15, -0.1) is 0 Å². The largest absolute Gasteiger partial charge is 0.356 e. The van der Waals surface area contributed by atoms with Crippen molar-refractivity contribution in [3.05, 3.63) is 82.2 Å². The van der Waals surface area contributed by atoms with E-state index in [0.717, 1.165) is 33.1 Å². The molecule has 7 nitrogen and oxygen atoms in total. The SMILES string of the molecule is Cc1ccc2c(c1)C(=O)N(CCC(=O)NCCc1ccc(-n3nc(C)cc3C)cc1)C2=O. The maximum atomic E-state index is 12.5. The van der Waals surface area contributed by atoms with Crippen molar-refractivity contribution in [3.63, 3.8) is 0 Å². The highest BCUT2D eigenvalue weighted by atomic mass is 16.2. The van der Waals surface area contributed by atoms with Crippen LogP contribution in [-0.2, 0) is 11.2 Å². The molecule has 0 fully saturated rings. The van der Waals surface area contributed by atoms with Gasteiger partial charge in [-0.25, -0.2) is 4.68 Å². The molecular weight excluding hydrogens is 404 g/mol. The monoisotopic (exact) mass is 430 g/mol. The lowest BCUT2D eigenvalue weighted by molar-refractivity contribution is -0.121. The van der Waals surface area contributed by atoms with Crippen LogP contribution in [0.5, 0.6) is 0 Å². The Morgan fingerprint density at radius 3 is 2.34 bits per heavy atom. The minimum absolute atomic E-state index is 0.0779. The summed E-state index contributed by atoms with van der Waals surface area (Å²) in [6, 6.07) is 15.3. The van der Waals surface area contributed by atoms with E-state index in [-0.39, 0.29) is 30.7 Å². The maximum Gasteiger partial charge on any atom is 0.261 e. The van der Waals surface area contributed by atoms with Crippen LogP contribution in [0.2, 0.25) is 0 Å². The fourth-order valence-electron chi connectivity index (χ4n) is 3.95. The zero-order valence-electron chi connectivity index (χ0n) is 18.5. The molecule has 0 saturated carbocycles. The van der Waals surface area contributed by atoms with E-state index >= 15 is 0 Å². The van der Waals surface area contributed by atoms with Crippen molar-refractivity contribution in [2.24, 2.45) is 0 Å². The molecular formula is C25H26N4O3. The lowest BCUT2D eigenvalue weighted by Gasteiger charge is -2.13. The van der Waals surface area contributed by atoms with Gasteiger partial charge >= 0.3 is 0 Å². The smallest absolute Gasteiger partial charge is 0.261 e. The maximum absolute atomic E-state index is 12.5. The molecule has 0 spiro atoms. The Labute approximate surface area is 187 Å². The molecule has 3 amide bonds. The van der Waals surface area contributed by atoms with Crippen molar-refractivity contribution in [2.75, 3.05) is 13.1 Å². The van der Waals surface area contributed by atoms with Crippen LogP contribution < -0.4 is 5.32 Å². The molecule has 7 heteroatoms. The Morgan fingerprint density at radius 1 is 0.938 bits per heavy atom. The van der Waals surface area contributed by atoms with Gasteiger partial charge in [0, 0.05) is 25.2 Å². The number of carbonyl (C=O) groups is 3. The second-order valence-electron chi connectivity index (χ2n) is 8.17. The van der Waals surface area contributed by atoms with E-state index in [9.17, 15) is 14.4 Å². The van der Waals surface area contributed by atoms with Crippen molar-refractivity contribution >= 4 is 17.7 Å². The van der Waals surface area contributed by atoms with Crippen LogP contribution in [0, 0.1) is 20.8 Å². The van der Waals surface area contributed by atoms with E-state index in [1.54, 1.807) is 12.1 Å². The Morgan fingerprint density at radius 2 is 1.66 bits per heavy atom. The summed E-state index contributed by atoms with van der Waals surface area (Å²) in [6.45, 7) is 6.43. The molecule has 1 N–H and O–H groups in total. The molecule has 1 aliphatic rings. The number of hydrogen-bond donors (Lipinski definition) is 1. The third-order valence-corrected chi connectivity index (χ3v) is 5.62. The summed E-state index contributed by atoms with van der Waals surface area (Å²) in [5, 5.41) is 7.35. The van der Waals surface area contributed by atoms with Crippen molar-refractivity contribution in [1.29, 1.82) is 0 Å². The number of carbonyl (C=O) groups excluding carboxylic acids is 3. The molecule has 4 rings (SSSR count). The highest BCUT2D eigenvalue weighted by Crippen LogP contribution is 2.24. The number of fused-ring (bicyclic) bond motifs is 1. The Hall–Kier alpha value is -3.74. The average Bonchev–Trinajstić information content (AvgIpc) is 3.22. The Balaban J connectivity index is 1.25. The molecule has 32 heavy (non-hydrogen) atoms. The first kappa shape index (κ1) is 21.5. The number of hydrogen-bond acceptors (Lipinski definition) is 4. The quantitative estimate of drug-likeness (QED) is 0.584. The van der Waals surface area contributed by atoms with Gasteiger partial charge < -0.3 is 5.32 Å². The molecule has 0 radical (unpaired) electrons. The van der Waals surface area contributed by atoms with Crippen LogP contribution in [0.4, 0.5) is 0 Å². The highest BCUT2D eigenvalue weighted by molar-refractivity contribution is 6.21. The summed E-state index contributed by atoms with van der Waals surface area (Å²) in [4.78, 5) is 38.3. The van der Waals surface area contributed by atoms with Gasteiger partial charge in [-0.05, 0) is 63.1 Å². The number of amides is 3. The topological polar surface area (TPSA) is 84.3 Å². The van der Waals surface area contributed by atoms with E-state index in [1.807, 2.05) is 61.9 Å². The molecule has 0 saturated heterocycles. The molecule has 0 atom stereocenters. The molecule has 2 heterocycles. The van der Waals surface area contributed by atoms with Crippen LogP contribution in [-0.4, -0.2) is 45.5 Å². The molecule has 0 unspecified atom stereocenters. The highest BCUT2D eigenvalue weighted by Gasteiger charge is 2.35. The first-order chi connectivity index (χ1) is 15.3. The standard InChI is InChI=1S/C25H26N4O3/c1-16-4-9-21-22(14-16)25(32)28(24(21)31)13-11-23(30)26-12-10-19-5-7-20(8-6-19)29-18(3)15-17(2)27-29/h4-9,14-15H,10-13H2,1-3H3,(H,26,30). The van der Waals surface area contributed by atoms with E-state index in [0.29, 0.717) is 24.1 Å². The number of aryl methyl sites for hydroxylation is 3. The van der Waals surface area contributed by atoms with Crippen LogP contribution in [0.25, 0.3) is 5.69 Å². The van der Waals surface area contributed by atoms with Gasteiger partial charge in [0.05, 0.1) is 22.5 Å². The fraction of sp³-hybridized carbons (Fsp3) is 0.280. The number of imide groups is 1. The molecule has 3 aromatic rings. The molecule has 1 aromatic heterocycles. The third kappa shape index (κ3) is 4.32. The second kappa shape index (κ2) is 8.78. The van der Waals surface area contributed by atoms with Crippen LogP contribution in [0.15, 0.2) is 48.5 Å². The van der Waals surface area contributed by atoms with Gasteiger partial charge in [0.15, 0.2) is 0 Å². The zero-order chi connectivity index (χ0) is 22.8. The van der Waals surface area contributed by atoms with Gasteiger partial charge in [-0.3, -0.25) is 19.3 Å². The number of benzene rings is 2. The van der Waals surface area contributed by atoms with Gasteiger partial charge in [-0.1, -0.05) is 23.8 Å². The molecule has 1 aliphatic heterocycles. The predicted octanol–water partition coefficient (Wildman–Crippen LogP) is 3.14. The minimum Gasteiger partial charge on any atom is -0.356 e.